The lowest BCUT2D eigenvalue weighted by Gasteiger charge is -2.19. The molecule has 1 N–H and O–H groups in total. The highest BCUT2D eigenvalue weighted by molar-refractivity contribution is 7.98. The third-order valence-electron chi connectivity index (χ3n) is 4.03. The quantitative estimate of drug-likeness (QED) is 0.693. The summed E-state index contributed by atoms with van der Waals surface area (Å²) < 4.78 is 26.0. The maximum absolute atomic E-state index is 13.3. The molecule has 0 saturated carbocycles. The van der Waals surface area contributed by atoms with E-state index in [4.69, 9.17) is 9.47 Å². The zero-order chi connectivity index (χ0) is 18.8. The van der Waals surface area contributed by atoms with Crippen molar-refractivity contribution in [2.24, 2.45) is 0 Å². The second kappa shape index (κ2) is 7.32. The zero-order valence-electron chi connectivity index (χ0n) is 14.4. The predicted molar refractivity (Wildman–Crippen MR) is 101 cm³/mol. The van der Waals surface area contributed by atoms with Crippen LogP contribution in [0.15, 0.2) is 53.8 Å². The summed E-state index contributed by atoms with van der Waals surface area (Å²) in [5, 5.41) is 3.48. The average Bonchev–Trinajstić information content (AvgIpc) is 3.13. The maximum Gasteiger partial charge on any atom is 0.274 e. The second-order valence-electron chi connectivity index (χ2n) is 5.75. The molecule has 138 valence electrons. The van der Waals surface area contributed by atoms with Crippen LogP contribution in [-0.4, -0.2) is 34.9 Å². The fraction of sp³-hybridized carbons (Fsp3) is 0.158. The molecule has 27 heavy (non-hydrogen) atoms. The Morgan fingerprint density at radius 1 is 1.15 bits per heavy atom. The molecule has 1 aliphatic heterocycles. The molecule has 3 aromatic rings. The first-order valence-electron chi connectivity index (χ1n) is 8.24. The van der Waals surface area contributed by atoms with Crippen LogP contribution in [0.5, 0.6) is 11.5 Å². The van der Waals surface area contributed by atoms with E-state index in [1.165, 1.54) is 30.1 Å². The van der Waals surface area contributed by atoms with Crippen molar-refractivity contribution in [3.63, 3.8) is 0 Å². The lowest BCUT2D eigenvalue weighted by atomic mass is 10.2. The van der Waals surface area contributed by atoms with E-state index in [0.29, 0.717) is 46.9 Å². The van der Waals surface area contributed by atoms with Gasteiger partial charge in [0.05, 0.1) is 6.20 Å². The number of nitrogens with one attached hydrogen (secondary N) is 1. The number of anilines is 1. The number of nitrogens with zero attached hydrogens (tertiary/aromatic N) is 2. The molecule has 2 heterocycles. The number of amides is 1. The highest BCUT2D eigenvalue weighted by atomic mass is 32.2. The summed E-state index contributed by atoms with van der Waals surface area (Å²) in [5.41, 5.74) is 1.59. The summed E-state index contributed by atoms with van der Waals surface area (Å²) >= 11 is 1.40. The van der Waals surface area contributed by atoms with Gasteiger partial charge in [-0.1, -0.05) is 11.8 Å². The molecule has 0 unspecified atom stereocenters. The van der Waals surface area contributed by atoms with E-state index in [1.54, 1.807) is 34.9 Å². The number of rotatable bonds is 4. The van der Waals surface area contributed by atoms with E-state index in [2.05, 4.69) is 10.3 Å². The highest BCUT2D eigenvalue weighted by Crippen LogP contribution is 2.33. The zero-order valence-corrected chi connectivity index (χ0v) is 15.3. The molecule has 0 aliphatic carbocycles. The standard InChI is InChI=1S/C19H16FN3O3S/c1-27-19-21-11-15(23(19)14-5-2-12(20)3-6-14)18(24)22-13-4-7-16-17(10-13)26-9-8-25-16/h2-7,10-11H,8-9H2,1H3,(H,22,24). The molecule has 0 fully saturated rings. The van der Waals surface area contributed by atoms with Gasteiger partial charge in [0.2, 0.25) is 0 Å². The topological polar surface area (TPSA) is 65.4 Å². The van der Waals surface area contributed by atoms with Crippen molar-refractivity contribution in [1.29, 1.82) is 0 Å². The SMILES string of the molecule is CSc1ncc(C(=O)Nc2ccc3c(c2)OCCO3)n1-c1ccc(F)cc1. The molecule has 0 spiro atoms. The third kappa shape index (κ3) is 3.48. The Kier molecular flexibility index (Phi) is 4.72. The van der Waals surface area contributed by atoms with Crippen LogP contribution in [0.3, 0.4) is 0 Å². The molecule has 0 atom stereocenters. The molecule has 0 radical (unpaired) electrons. The van der Waals surface area contributed by atoms with Crippen molar-refractivity contribution in [2.75, 3.05) is 24.8 Å². The monoisotopic (exact) mass is 385 g/mol. The Morgan fingerprint density at radius 3 is 2.63 bits per heavy atom. The fourth-order valence-electron chi connectivity index (χ4n) is 2.79. The van der Waals surface area contributed by atoms with E-state index in [1.807, 2.05) is 6.26 Å². The molecule has 8 heteroatoms. The number of thioether (sulfide) groups is 1. The van der Waals surface area contributed by atoms with Crippen LogP contribution in [0.1, 0.15) is 10.5 Å². The lowest BCUT2D eigenvalue weighted by Crippen LogP contribution is -2.18. The first-order valence-corrected chi connectivity index (χ1v) is 9.47. The Hall–Kier alpha value is -3.00. The number of aromatic nitrogens is 2. The summed E-state index contributed by atoms with van der Waals surface area (Å²) in [6.45, 7) is 0.978. The minimum atomic E-state index is -0.341. The number of hydrogen-bond donors (Lipinski definition) is 1. The first kappa shape index (κ1) is 17.4. The van der Waals surface area contributed by atoms with Gasteiger partial charge in [0.1, 0.15) is 24.7 Å². The van der Waals surface area contributed by atoms with Crippen LogP contribution in [0, 0.1) is 5.82 Å². The van der Waals surface area contributed by atoms with Crippen LogP contribution in [-0.2, 0) is 0 Å². The number of carbonyl (C=O) groups is 1. The maximum atomic E-state index is 13.3. The summed E-state index contributed by atoms with van der Waals surface area (Å²) in [7, 11) is 0. The smallest absolute Gasteiger partial charge is 0.274 e. The van der Waals surface area contributed by atoms with Crippen molar-refractivity contribution < 1.29 is 18.7 Å². The van der Waals surface area contributed by atoms with Crippen LogP contribution in [0.4, 0.5) is 10.1 Å². The summed E-state index contributed by atoms with van der Waals surface area (Å²) in [6, 6.07) is 11.1. The molecule has 2 aromatic carbocycles. The van der Waals surface area contributed by atoms with Crippen molar-refractivity contribution in [3.05, 3.63) is 60.2 Å². The van der Waals surface area contributed by atoms with Crippen LogP contribution >= 0.6 is 11.8 Å². The van der Waals surface area contributed by atoms with E-state index < -0.39 is 0 Å². The molecule has 1 aromatic heterocycles. The minimum Gasteiger partial charge on any atom is -0.486 e. The number of hydrogen-bond acceptors (Lipinski definition) is 5. The Morgan fingerprint density at radius 2 is 1.89 bits per heavy atom. The average molecular weight is 385 g/mol. The van der Waals surface area contributed by atoms with E-state index >= 15 is 0 Å². The number of carbonyl (C=O) groups excluding carboxylic acids is 1. The van der Waals surface area contributed by atoms with Gasteiger partial charge in [0, 0.05) is 17.4 Å². The van der Waals surface area contributed by atoms with Crippen LogP contribution in [0.25, 0.3) is 5.69 Å². The van der Waals surface area contributed by atoms with Gasteiger partial charge in [0.15, 0.2) is 16.7 Å². The molecule has 1 aliphatic rings. The number of fused-ring (bicyclic) bond motifs is 1. The van der Waals surface area contributed by atoms with Crippen LogP contribution < -0.4 is 14.8 Å². The largest absolute Gasteiger partial charge is 0.486 e. The van der Waals surface area contributed by atoms with Gasteiger partial charge in [-0.3, -0.25) is 9.36 Å². The molecular weight excluding hydrogens is 369 g/mol. The van der Waals surface area contributed by atoms with Crippen molar-refractivity contribution in [3.8, 4) is 17.2 Å². The Balaban J connectivity index is 1.64. The van der Waals surface area contributed by atoms with Crippen molar-refractivity contribution in [1.82, 2.24) is 9.55 Å². The first-order chi connectivity index (χ1) is 13.2. The highest BCUT2D eigenvalue weighted by Gasteiger charge is 2.19. The van der Waals surface area contributed by atoms with Gasteiger partial charge < -0.3 is 14.8 Å². The van der Waals surface area contributed by atoms with E-state index in [-0.39, 0.29) is 11.7 Å². The Bertz CT molecular complexity index is 988. The van der Waals surface area contributed by atoms with Crippen molar-refractivity contribution in [2.45, 2.75) is 5.16 Å². The van der Waals surface area contributed by atoms with E-state index in [9.17, 15) is 9.18 Å². The fourth-order valence-corrected chi connectivity index (χ4v) is 3.34. The normalized spacial score (nSPS) is 12.7. The predicted octanol–water partition coefficient (Wildman–Crippen LogP) is 3.76. The Labute approximate surface area is 159 Å². The van der Waals surface area contributed by atoms with E-state index in [0.717, 1.165) is 0 Å². The van der Waals surface area contributed by atoms with Crippen molar-refractivity contribution >= 4 is 23.4 Å². The lowest BCUT2D eigenvalue weighted by molar-refractivity contribution is 0.102. The summed E-state index contributed by atoms with van der Waals surface area (Å²) in [6.07, 6.45) is 3.37. The van der Waals surface area contributed by atoms with Gasteiger partial charge in [-0.2, -0.15) is 0 Å². The number of benzene rings is 2. The third-order valence-corrected chi connectivity index (χ3v) is 4.68. The molecule has 1 amide bonds. The van der Waals surface area contributed by atoms with Gasteiger partial charge in [-0.25, -0.2) is 9.37 Å². The molecule has 0 saturated heterocycles. The number of imidazole rings is 1. The number of ether oxygens (including phenoxy) is 2. The van der Waals surface area contributed by atoms with Crippen LogP contribution in [0.2, 0.25) is 0 Å². The summed E-state index contributed by atoms with van der Waals surface area (Å²) in [5.74, 6) is 0.576. The van der Waals surface area contributed by atoms with Gasteiger partial charge in [-0.15, -0.1) is 0 Å². The molecule has 6 nitrogen and oxygen atoms in total. The molecule has 4 rings (SSSR count). The minimum absolute atomic E-state index is 0.330. The van der Waals surface area contributed by atoms with Gasteiger partial charge >= 0.3 is 0 Å². The second-order valence-corrected chi connectivity index (χ2v) is 6.53. The van der Waals surface area contributed by atoms with Gasteiger partial charge in [0.25, 0.3) is 5.91 Å². The van der Waals surface area contributed by atoms with Gasteiger partial charge in [-0.05, 0) is 42.7 Å². The number of halogens is 1. The molecular formula is C19H16FN3O3S. The summed E-state index contributed by atoms with van der Waals surface area (Å²) in [4.78, 5) is 17.1. The molecule has 0 bridgehead atoms.